The van der Waals surface area contributed by atoms with E-state index in [2.05, 4.69) is 16.0 Å². The molecule has 3 atom stereocenters. The van der Waals surface area contributed by atoms with Gasteiger partial charge in [0.2, 0.25) is 11.8 Å². The van der Waals surface area contributed by atoms with Gasteiger partial charge in [0.1, 0.15) is 17.7 Å². The first-order valence-corrected chi connectivity index (χ1v) is 10.8. The van der Waals surface area contributed by atoms with Gasteiger partial charge < -0.3 is 21.7 Å². The van der Waals surface area contributed by atoms with Crippen LogP contribution in [0.2, 0.25) is 5.02 Å². The Balaban J connectivity index is 1.43. The van der Waals surface area contributed by atoms with Crippen molar-refractivity contribution in [3.8, 4) is 0 Å². The monoisotopic (exact) mass is 459 g/mol. The van der Waals surface area contributed by atoms with Crippen LogP contribution in [0.3, 0.4) is 0 Å². The van der Waals surface area contributed by atoms with Crippen molar-refractivity contribution in [2.24, 2.45) is 11.7 Å². The van der Waals surface area contributed by atoms with Crippen LogP contribution in [-0.2, 0) is 22.6 Å². The number of hydrogen-bond donors (Lipinski definition) is 5. The molecular weight excluding hydrogens is 433 g/mol. The maximum absolute atomic E-state index is 13.3. The van der Waals surface area contributed by atoms with E-state index in [1.807, 2.05) is 0 Å². The second kappa shape index (κ2) is 10.6. The SMILES string of the molecule is CC(NC(=O)[C@H]1C[C@H](Cc2ccc(F)c(Cl)c2)CN1)C(=O)NCc1ccc(C(=N)N)cc1. The molecule has 1 aliphatic heterocycles. The maximum atomic E-state index is 13.3. The van der Waals surface area contributed by atoms with Crippen LogP contribution in [0.4, 0.5) is 4.39 Å². The Hall–Kier alpha value is -2.97. The lowest BCUT2D eigenvalue weighted by Crippen LogP contribution is -2.49. The summed E-state index contributed by atoms with van der Waals surface area (Å²) in [5, 5.41) is 16.2. The number of hydrogen-bond acceptors (Lipinski definition) is 4. The average Bonchev–Trinajstić information content (AvgIpc) is 3.23. The molecule has 1 aliphatic rings. The van der Waals surface area contributed by atoms with Crippen molar-refractivity contribution >= 4 is 29.3 Å². The summed E-state index contributed by atoms with van der Waals surface area (Å²) in [5.41, 5.74) is 7.84. The summed E-state index contributed by atoms with van der Waals surface area (Å²) in [6.45, 7) is 2.60. The largest absolute Gasteiger partial charge is 0.384 e. The molecule has 1 unspecified atom stereocenters. The van der Waals surface area contributed by atoms with E-state index in [9.17, 15) is 14.0 Å². The van der Waals surface area contributed by atoms with Crippen molar-refractivity contribution in [3.63, 3.8) is 0 Å². The number of rotatable bonds is 8. The lowest BCUT2D eigenvalue weighted by atomic mass is 9.96. The van der Waals surface area contributed by atoms with Gasteiger partial charge in [-0.05, 0) is 55.5 Å². The van der Waals surface area contributed by atoms with Crippen LogP contribution in [0.5, 0.6) is 0 Å². The van der Waals surface area contributed by atoms with Crippen LogP contribution in [0, 0.1) is 17.1 Å². The lowest BCUT2D eigenvalue weighted by molar-refractivity contribution is -0.129. The van der Waals surface area contributed by atoms with Crippen molar-refractivity contribution in [1.29, 1.82) is 5.41 Å². The van der Waals surface area contributed by atoms with Gasteiger partial charge in [-0.15, -0.1) is 0 Å². The molecule has 1 heterocycles. The highest BCUT2D eigenvalue weighted by molar-refractivity contribution is 6.30. The molecule has 0 spiro atoms. The fourth-order valence-electron chi connectivity index (χ4n) is 3.69. The summed E-state index contributed by atoms with van der Waals surface area (Å²) in [6, 6.07) is 10.6. The lowest BCUT2D eigenvalue weighted by Gasteiger charge is -2.17. The topological polar surface area (TPSA) is 120 Å². The van der Waals surface area contributed by atoms with Gasteiger partial charge in [0.25, 0.3) is 0 Å². The third kappa shape index (κ3) is 6.27. The maximum Gasteiger partial charge on any atom is 0.242 e. The summed E-state index contributed by atoms with van der Waals surface area (Å²) in [4.78, 5) is 24.9. The van der Waals surface area contributed by atoms with Crippen LogP contribution in [0.25, 0.3) is 0 Å². The predicted octanol–water partition coefficient (Wildman–Crippen LogP) is 2.10. The highest BCUT2D eigenvalue weighted by Crippen LogP contribution is 2.23. The molecule has 2 amide bonds. The molecule has 1 saturated heterocycles. The zero-order chi connectivity index (χ0) is 23.3. The van der Waals surface area contributed by atoms with E-state index in [0.717, 1.165) is 11.1 Å². The van der Waals surface area contributed by atoms with Gasteiger partial charge >= 0.3 is 0 Å². The standard InChI is InChI=1S/C23H27ClFN5O2/c1-13(22(31)29-11-14-2-5-17(6-3-14)21(26)27)30-23(32)20-10-16(12-28-20)8-15-4-7-19(25)18(24)9-15/h2-7,9,13,16,20,28H,8,10-12H2,1H3,(H3,26,27)(H,29,31)(H,30,32)/t13?,16-,20+/m0/s1. The van der Waals surface area contributed by atoms with E-state index in [4.69, 9.17) is 22.7 Å². The third-order valence-corrected chi connectivity index (χ3v) is 5.82. The van der Waals surface area contributed by atoms with Gasteiger partial charge in [0.05, 0.1) is 11.1 Å². The highest BCUT2D eigenvalue weighted by Gasteiger charge is 2.31. The fraction of sp³-hybridized carbons (Fsp3) is 0.348. The van der Waals surface area contributed by atoms with Gasteiger partial charge in [0, 0.05) is 12.1 Å². The smallest absolute Gasteiger partial charge is 0.242 e. The van der Waals surface area contributed by atoms with Crippen LogP contribution >= 0.6 is 11.6 Å². The van der Waals surface area contributed by atoms with E-state index in [1.165, 1.54) is 6.07 Å². The number of carbonyl (C=O) groups is 2. The summed E-state index contributed by atoms with van der Waals surface area (Å²) in [6.07, 6.45) is 1.31. The Bertz CT molecular complexity index is 998. The molecule has 0 aromatic heterocycles. The van der Waals surface area contributed by atoms with E-state index in [0.29, 0.717) is 31.5 Å². The predicted molar refractivity (Wildman–Crippen MR) is 122 cm³/mol. The Labute approximate surface area is 191 Å². The number of nitrogens with one attached hydrogen (secondary N) is 4. The quantitative estimate of drug-likeness (QED) is 0.306. The van der Waals surface area contributed by atoms with Crippen LogP contribution < -0.4 is 21.7 Å². The first-order valence-electron chi connectivity index (χ1n) is 10.4. The molecule has 170 valence electrons. The van der Waals surface area contributed by atoms with E-state index >= 15 is 0 Å². The van der Waals surface area contributed by atoms with Crippen LogP contribution in [-0.4, -0.2) is 36.3 Å². The molecule has 0 radical (unpaired) electrons. The van der Waals surface area contributed by atoms with Crippen molar-refractivity contribution in [2.75, 3.05) is 6.54 Å². The number of nitrogens with two attached hydrogens (primary N) is 1. The minimum atomic E-state index is -0.684. The number of amidine groups is 1. The zero-order valence-electron chi connectivity index (χ0n) is 17.8. The zero-order valence-corrected chi connectivity index (χ0v) is 18.5. The minimum absolute atomic E-state index is 0.0128. The Morgan fingerprint density at radius 3 is 2.59 bits per heavy atom. The molecule has 2 aromatic carbocycles. The normalized spacial score (nSPS) is 18.7. The summed E-state index contributed by atoms with van der Waals surface area (Å²) in [7, 11) is 0. The van der Waals surface area contributed by atoms with Crippen molar-refractivity contribution < 1.29 is 14.0 Å². The summed E-state index contributed by atoms with van der Waals surface area (Å²) >= 11 is 5.84. The molecule has 1 fully saturated rings. The Kier molecular flexibility index (Phi) is 7.82. The fourth-order valence-corrected chi connectivity index (χ4v) is 3.89. The van der Waals surface area contributed by atoms with Gasteiger partial charge in [0.15, 0.2) is 0 Å². The van der Waals surface area contributed by atoms with E-state index in [-0.39, 0.29) is 34.6 Å². The van der Waals surface area contributed by atoms with Gasteiger partial charge in [-0.25, -0.2) is 4.39 Å². The summed E-state index contributed by atoms with van der Waals surface area (Å²) in [5.74, 6) is -0.754. The van der Waals surface area contributed by atoms with Crippen molar-refractivity contribution in [2.45, 2.75) is 38.4 Å². The summed E-state index contributed by atoms with van der Waals surface area (Å²) < 4.78 is 13.3. The van der Waals surface area contributed by atoms with Crippen molar-refractivity contribution in [1.82, 2.24) is 16.0 Å². The molecular formula is C23H27ClFN5O2. The molecule has 7 nitrogen and oxygen atoms in total. The molecule has 32 heavy (non-hydrogen) atoms. The Morgan fingerprint density at radius 1 is 1.25 bits per heavy atom. The van der Waals surface area contributed by atoms with E-state index < -0.39 is 11.9 Å². The molecule has 0 saturated carbocycles. The van der Waals surface area contributed by atoms with Gasteiger partial charge in [-0.2, -0.15) is 0 Å². The Morgan fingerprint density at radius 2 is 1.94 bits per heavy atom. The highest BCUT2D eigenvalue weighted by atomic mass is 35.5. The first-order chi connectivity index (χ1) is 15.2. The number of carbonyl (C=O) groups excluding carboxylic acids is 2. The van der Waals surface area contributed by atoms with Gasteiger partial charge in [-0.3, -0.25) is 15.0 Å². The van der Waals surface area contributed by atoms with Crippen LogP contribution in [0.15, 0.2) is 42.5 Å². The molecule has 9 heteroatoms. The number of nitrogen functional groups attached to an aromatic ring is 1. The van der Waals surface area contributed by atoms with E-state index in [1.54, 1.807) is 43.3 Å². The molecule has 0 aliphatic carbocycles. The van der Waals surface area contributed by atoms with Gasteiger partial charge in [-0.1, -0.05) is 41.9 Å². The third-order valence-electron chi connectivity index (χ3n) is 5.53. The average molecular weight is 460 g/mol. The number of halogens is 2. The number of benzene rings is 2. The number of amides is 2. The van der Waals surface area contributed by atoms with Crippen molar-refractivity contribution in [3.05, 3.63) is 70.0 Å². The molecule has 6 N–H and O–H groups in total. The molecule has 0 bridgehead atoms. The second-order valence-corrected chi connectivity index (χ2v) is 8.48. The minimum Gasteiger partial charge on any atom is -0.384 e. The molecule has 3 rings (SSSR count). The van der Waals surface area contributed by atoms with Crippen LogP contribution in [0.1, 0.15) is 30.0 Å². The second-order valence-electron chi connectivity index (χ2n) is 8.07. The molecule has 2 aromatic rings. The first kappa shape index (κ1) is 23.7.